The summed E-state index contributed by atoms with van der Waals surface area (Å²) in [5, 5.41) is 10.4. The average Bonchev–Trinajstić information content (AvgIpc) is 2.25. The van der Waals surface area contributed by atoms with Crippen LogP contribution in [0.15, 0.2) is 22.7 Å². The molecule has 2 aliphatic heterocycles. The second kappa shape index (κ2) is 4.68. The molecule has 2 atom stereocenters. The van der Waals surface area contributed by atoms with Gasteiger partial charge in [0.2, 0.25) is 0 Å². The van der Waals surface area contributed by atoms with Gasteiger partial charge in [-0.15, -0.1) is 0 Å². The number of hydrogen-bond donors (Lipinski definition) is 1. The topological polar surface area (TPSA) is 29.5 Å². The van der Waals surface area contributed by atoms with Crippen LogP contribution < -0.4 is 4.74 Å². The first-order valence-corrected chi connectivity index (χ1v) is 8.58. The van der Waals surface area contributed by atoms with Gasteiger partial charge in [-0.05, 0) is 29.7 Å². The van der Waals surface area contributed by atoms with Crippen LogP contribution in [0.3, 0.4) is 0 Å². The van der Waals surface area contributed by atoms with Gasteiger partial charge in [0, 0.05) is 22.2 Å². The highest BCUT2D eigenvalue weighted by atomic mass is 79.9. The Bertz CT molecular complexity index is 503. The summed E-state index contributed by atoms with van der Waals surface area (Å²) >= 11 is 5.42. The van der Waals surface area contributed by atoms with E-state index in [4.69, 9.17) is 4.74 Å². The van der Waals surface area contributed by atoms with Gasteiger partial charge in [-0.1, -0.05) is 35.8 Å². The number of benzene rings is 1. The molecule has 3 rings (SSSR count). The molecule has 1 saturated heterocycles. The van der Waals surface area contributed by atoms with Crippen molar-refractivity contribution >= 4 is 27.7 Å². The van der Waals surface area contributed by atoms with Crippen molar-refractivity contribution in [1.29, 1.82) is 0 Å². The fourth-order valence-corrected chi connectivity index (χ4v) is 5.04. The summed E-state index contributed by atoms with van der Waals surface area (Å²) < 4.78 is 7.33. The van der Waals surface area contributed by atoms with Crippen LogP contribution in [-0.4, -0.2) is 22.2 Å². The molecule has 2 heterocycles. The Hall–Kier alpha value is -0.190. The number of hydrogen-bond acceptors (Lipinski definition) is 3. The largest absolute Gasteiger partial charge is 0.486 e. The quantitative estimate of drug-likeness (QED) is 0.767. The molecule has 1 aromatic carbocycles. The van der Waals surface area contributed by atoms with Crippen molar-refractivity contribution in [2.24, 2.45) is 5.41 Å². The molecule has 0 aliphatic carbocycles. The minimum atomic E-state index is -0.411. The predicted octanol–water partition coefficient (Wildman–Crippen LogP) is 4.17. The summed E-state index contributed by atoms with van der Waals surface area (Å²) in [6, 6.07) is 5.90. The van der Waals surface area contributed by atoms with Crippen LogP contribution in [-0.2, 0) is 0 Å². The van der Waals surface area contributed by atoms with Crippen molar-refractivity contribution in [2.45, 2.75) is 38.4 Å². The number of aliphatic hydroxyl groups is 1. The summed E-state index contributed by atoms with van der Waals surface area (Å²) in [6.45, 7) is 4.57. The lowest BCUT2D eigenvalue weighted by Crippen LogP contribution is -2.50. The van der Waals surface area contributed by atoms with Crippen LogP contribution in [0.25, 0.3) is 0 Å². The molecule has 0 radical (unpaired) electrons. The van der Waals surface area contributed by atoms with Gasteiger partial charge in [0.25, 0.3) is 0 Å². The molecule has 4 heteroatoms. The Kier molecular flexibility index (Phi) is 3.39. The fraction of sp³-hybridized carbons (Fsp3) is 0.600. The minimum absolute atomic E-state index is 0.209. The Morgan fingerprint density at radius 2 is 2.16 bits per heavy atom. The van der Waals surface area contributed by atoms with E-state index >= 15 is 0 Å². The fourth-order valence-electron chi connectivity index (χ4n) is 3.29. The standard InChI is InChI=1S/C15H19BrO2S/c1-14(2)7-15(9-19-8-14)6-12(17)11-4-3-10(16)5-13(11)18-15/h3-5,12,17H,6-9H2,1-2H3/t12-,15?/m0/s1. The van der Waals surface area contributed by atoms with E-state index in [0.717, 1.165) is 28.0 Å². The van der Waals surface area contributed by atoms with Crippen LogP contribution in [0.4, 0.5) is 0 Å². The van der Waals surface area contributed by atoms with Crippen LogP contribution in [0.1, 0.15) is 38.4 Å². The normalized spacial score (nSPS) is 32.7. The molecule has 1 spiro atoms. The van der Waals surface area contributed by atoms with Gasteiger partial charge in [-0.3, -0.25) is 0 Å². The number of aliphatic hydroxyl groups excluding tert-OH is 1. The SMILES string of the molecule is CC1(C)CSCC2(C[C@H](O)c3ccc(Br)cc3O2)C1. The van der Waals surface area contributed by atoms with Crippen molar-refractivity contribution in [3.8, 4) is 5.75 Å². The Balaban J connectivity index is 1.95. The first-order valence-electron chi connectivity index (χ1n) is 6.64. The van der Waals surface area contributed by atoms with E-state index in [2.05, 4.69) is 29.8 Å². The summed E-state index contributed by atoms with van der Waals surface area (Å²) in [7, 11) is 0. The van der Waals surface area contributed by atoms with Crippen LogP contribution in [0.2, 0.25) is 0 Å². The van der Waals surface area contributed by atoms with E-state index in [1.807, 2.05) is 30.0 Å². The third-order valence-electron chi connectivity index (χ3n) is 3.89. The predicted molar refractivity (Wildman–Crippen MR) is 82.8 cm³/mol. The van der Waals surface area contributed by atoms with Crippen molar-refractivity contribution in [1.82, 2.24) is 0 Å². The molecule has 0 aromatic heterocycles. The molecule has 1 unspecified atom stereocenters. The van der Waals surface area contributed by atoms with Crippen LogP contribution >= 0.6 is 27.7 Å². The number of fused-ring (bicyclic) bond motifs is 1. The van der Waals surface area contributed by atoms with Gasteiger partial charge in [-0.2, -0.15) is 11.8 Å². The molecule has 0 amide bonds. The first-order chi connectivity index (χ1) is 8.89. The smallest absolute Gasteiger partial charge is 0.127 e. The summed E-state index contributed by atoms with van der Waals surface area (Å²) in [6.07, 6.45) is 1.31. The molecule has 2 aliphatic rings. The minimum Gasteiger partial charge on any atom is -0.486 e. The first kappa shape index (κ1) is 13.8. The highest BCUT2D eigenvalue weighted by Crippen LogP contribution is 2.49. The zero-order valence-electron chi connectivity index (χ0n) is 11.3. The lowest BCUT2D eigenvalue weighted by Gasteiger charge is -2.48. The van der Waals surface area contributed by atoms with E-state index in [1.54, 1.807) is 0 Å². The number of thioether (sulfide) groups is 1. The highest BCUT2D eigenvalue weighted by molar-refractivity contribution is 9.10. The van der Waals surface area contributed by atoms with Gasteiger partial charge in [0.15, 0.2) is 0 Å². The maximum absolute atomic E-state index is 10.4. The van der Waals surface area contributed by atoms with Crippen LogP contribution in [0, 0.1) is 5.41 Å². The monoisotopic (exact) mass is 342 g/mol. The van der Waals surface area contributed by atoms with E-state index in [-0.39, 0.29) is 11.0 Å². The summed E-state index contributed by atoms with van der Waals surface area (Å²) in [5.74, 6) is 2.98. The third-order valence-corrected chi connectivity index (χ3v) is 6.09. The van der Waals surface area contributed by atoms with Gasteiger partial charge in [0.05, 0.1) is 6.10 Å². The summed E-state index contributed by atoms with van der Waals surface area (Å²) in [5.41, 5.74) is 0.980. The van der Waals surface area contributed by atoms with E-state index < -0.39 is 6.10 Å². The molecule has 1 N–H and O–H groups in total. The van der Waals surface area contributed by atoms with E-state index in [9.17, 15) is 5.11 Å². The lowest BCUT2D eigenvalue weighted by atomic mass is 9.77. The van der Waals surface area contributed by atoms with E-state index in [1.165, 1.54) is 5.75 Å². The molecule has 1 fully saturated rings. The zero-order valence-corrected chi connectivity index (χ0v) is 13.7. The zero-order chi connectivity index (χ0) is 13.7. The Morgan fingerprint density at radius 3 is 2.89 bits per heavy atom. The molecule has 0 saturated carbocycles. The average molecular weight is 343 g/mol. The lowest BCUT2D eigenvalue weighted by molar-refractivity contribution is -0.0255. The molecule has 19 heavy (non-hydrogen) atoms. The number of rotatable bonds is 0. The molecule has 0 bridgehead atoms. The van der Waals surface area contributed by atoms with Gasteiger partial charge in [-0.25, -0.2) is 0 Å². The second-order valence-electron chi connectivity index (χ2n) is 6.52. The maximum Gasteiger partial charge on any atom is 0.127 e. The molecule has 2 nitrogen and oxygen atoms in total. The molecule has 1 aromatic rings. The Morgan fingerprint density at radius 1 is 1.37 bits per heavy atom. The maximum atomic E-state index is 10.4. The van der Waals surface area contributed by atoms with E-state index in [0.29, 0.717) is 6.42 Å². The molecular weight excluding hydrogens is 324 g/mol. The van der Waals surface area contributed by atoms with Gasteiger partial charge in [0.1, 0.15) is 11.4 Å². The molecular formula is C15H19BrO2S. The van der Waals surface area contributed by atoms with Gasteiger partial charge < -0.3 is 9.84 Å². The van der Waals surface area contributed by atoms with Crippen molar-refractivity contribution in [2.75, 3.05) is 11.5 Å². The Labute approximate surface area is 127 Å². The van der Waals surface area contributed by atoms with Gasteiger partial charge >= 0.3 is 0 Å². The molecule has 104 valence electrons. The van der Waals surface area contributed by atoms with Crippen molar-refractivity contribution in [3.05, 3.63) is 28.2 Å². The number of halogens is 1. The van der Waals surface area contributed by atoms with Crippen molar-refractivity contribution in [3.63, 3.8) is 0 Å². The van der Waals surface area contributed by atoms with Crippen molar-refractivity contribution < 1.29 is 9.84 Å². The summed E-state index contributed by atoms with van der Waals surface area (Å²) in [4.78, 5) is 0. The second-order valence-corrected chi connectivity index (χ2v) is 8.42. The third kappa shape index (κ3) is 2.67. The number of ether oxygens (including phenoxy) is 1. The van der Waals surface area contributed by atoms with Crippen LogP contribution in [0.5, 0.6) is 5.75 Å². The highest BCUT2D eigenvalue weighted by Gasteiger charge is 2.46.